The van der Waals surface area contributed by atoms with Crippen LogP contribution in [0.2, 0.25) is 0 Å². The average molecular weight is 857 g/mol. The van der Waals surface area contributed by atoms with Gasteiger partial charge in [-0.3, -0.25) is 9.59 Å². The maximum Gasteiger partial charge on any atom is 0.387 e. The van der Waals surface area contributed by atoms with Crippen LogP contribution in [0.3, 0.4) is 0 Å². The van der Waals surface area contributed by atoms with Crippen LogP contribution in [-0.2, 0) is 9.47 Å². The molecule has 4 aromatic carbocycles. The molecular weight excluding hydrogens is 813 g/mol. The van der Waals surface area contributed by atoms with Crippen molar-refractivity contribution in [1.82, 2.24) is 30.2 Å². The normalized spacial score (nSPS) is 16.3. The van der Waals surface area contributed by atoms with Gasteiger partial charge in [0.2, 0.25) is 0 Å². The topological polar surface area (TPSA) is 155 Å². The van der Waals surface area contributed by atoms with Gasteiger partial charge in [-0.15, -0.1) is 0 Å². The summed E-state index contributed by atoms with van der Waals surface area (Å²) in [6.45, 7) is 2.32. The van der Waals surface area contributed by atoms with Crippen LogP contribution in [0, 0.1) is 13.8 Å². The van der Waals surface area contributed by atoms with E-state index in [4.69, 9.17) is 9.47 Å². The van der Waals surface area contributed by atoms with Gasteiger partial charge in [0.1, 0.15) is 11.5 Å². The number of nitrogens with zero attached hydrogens (tertiary/aromatic N) is 4. The number of carbonyl (C=O) groups is 2. The minimum Gasteiger partial charge on any atom is -0.435 e. The van der Waals surface area contributed by atoms with E-state index in [0.717, 1.165) is 37.3 Å². The molecule has 6 aromatic rings. The molecular formula is C44H44F4N8O6. The van der Waals surface area contributed by atoms with Crippen LogP contribution < -0.4 is 30.7 Å². The SMILES string of the molecule is Cc1c(C(=O)Nc2ccc([C@H]3CNCCO3)cc2)cnn1-c1ccc(OC(F)F)cc1.Cc1nn(-c2ccc(OC(F)F)cc2)cc1C(=O)Nc1ccc([C@H]2CNCCO2)cc1. The number of nitrogens with one attached hydrogen (secondary N) is 4. The van der Waals surface area contributed by atoms with Crippen molar-refractivity contribution in [2.45, 2.75) is 39.3 Å². The third-order valence-corrected chi connectivity index (χ3v) is 9.97. The van der Waals surface area contributed by atoms with Gasteiger partial charge in [0.25, 0.3) is 11.8 Å². The molecule has 2 aliphatic heterocycles. The highest BCUT2D eigenvalue weighted by molar-refractivity contribution is 6.05. The number of morpholine rings is 2. The Hall–Kier alpha value is -6.60. The number of aromatic nitrogens is 4. The second kappa shape index (κ2) is 20.3. The Kier molecular flexibility index (Phi) is 14.2. The minimum atomic E-state index is -2.88. The van der Waals surface area contributed by atoms with Crippen molar-refractivity contribution >= 4 is 23.2 Å². The van der Waals surface area contributed by atoms with Crippen LogP contribution in [-0.4, -0.2) is 84.0 Å². The third-order valence-electron chi connectivity index (χ3n) is 9.97. The highest BCUT2D eigenvalue weighted by Gasteiger charge is 2.20. The molecule has 4 N–H and O–H groups in total. The van der Waals surface area contributed by atoms with Gasteiger partial charge in [-0.25, -0.2) is 9.36 Å². The van der Waals surface area contributed by atoms with Crippen molar-refractivity contribution in [1.29, 1.82) is 0 Å². The number of anilines is 2. The number of alkyl halides is 4. The Morgan fingerprint density at radius 3 is 1.60 bits per heavy atom. The summed E-state index contributed by atoms with van der Waals surface area (Å²) in [7, 11) is 0. The van der Waals surface area contributed by atoms with E-state index in [2.05, 4.69) is 40.9 Å². The maximum atomic E-state index is 12.7. The van der Waals surface area contributed by atoms with Gasteiger partial charge >= 0.3 is 13.2 Å². The van der Waals surface area contributed by atoms with E-state index < -0.39 is 13.2 Å². The van der Waals surface area contributed by atoms with Gasteiger partial charge in [0.15, 0.2) is 0 Å². The number of benzene rings is 4. The molecule has 324 valence electrons. The quantitative estimate of drug-likeness (QED) is 0.0917. The molecule has 0 bridgehead atoms. The monoisotopic (exact) mass is 856 g/mol. The molecule has 18 heteroatoms. The number of amides is 2. The summed E-state index contributed by atoms with van der Waals surface area (Å²) in [5.74, 6) is -0.465. The summed E-state index contributed by atoms with van der Waals surface area (Å²) in [6, 6.07) is 27.2. The fraction of sp³-hybridized carbons (Fsp3) is 0.273. The highest BCUT2D eigenvalue weighted by Crippen LogP contribution is 2.25. The predicted octanol–water partition coefficient (Wildman–Crippen LogP) is 7.39. The predicted molar refractivity (Wildman–Crippen MR) is 222 cm³/mol. The Bertz CT molecular complexity index is 2320. The first-order valence-corrected chi connectivity index (χ1v) is 19.7. The number of ether oxygens (including phenoxy) is 4. The lowest BCUT2D eigenvalue weighted by Gasteiger charge is -2.24. The molecule has 8 rings (SSSR count). The van der Waals surface area contributed by atoms with Crippen molar-refractivity contribution in [2.24, 2.45) is 0 Å². The molecule has 2 atom stereocenters. The van der Waals surface area contributed by atoms with Crippen LogP contribution in [0.15, 0.2) is 109 Å². The Labute approximate surface area is 354 Å². The first kappa shape index (κ1) is 43.5. The maximum absolute atomic E-state index is 12.7. The van der Waals surface area contributed by atoms with Crippen molar-refractivity contribution in [3.63, 3.8) is 0 Å². The van der Waals surface area contributed by atoms with Gasteiger partial charge < -0.3 is 40.2 Å². The zero-order valence-corrected chi connectivity index (χ0v) is 33.7. The zero-order chi connectivity index (χ0) is 43.6. The van der Waals surface area contributed by atoms with Crippen molar-refractivity contribution in [3.05, 3.63) is 143 Å². The Morgan fingerprint density at radius 2 is 1.15 bits per heavy atom. The standard InChI is InChI=1S/2C22H22F2N4O3/c1-14-19(13-28(27-14)17-6-8-18(9-7-17)31-22(23)24)21(29)26-16-4-2-15(3-5-16)20-12-25-10-11-30-20;1-14-19(12-26-28(14)17-6-8-18(9-7-17)31-22(23)24)21(29)27-16-4-2-15(3-5-16)20-13-25-10-11-30-20/h2-9,13,20,22,25H,10-12H2,1H3,(H,26,29);2-9,12,20,22,25H,10-11,13H2,1H3,(H,27,29)/t2*20-/m11/s1. The molecule has 4 heterocycles. The van der Waals surface area contributed by atoms with Crippen LogP contribution >= 0.6 is 0 Å². The molecule has 0 radical (unpaired) electrons. The smallest absolute Gasteiger partial charge is 0.387 e. The Morgan fingerprint density at radius 1 is 0.677 bits per heavy atom. The lowest BCUT2D eigenvalue weighted by atomic mass is 10.1. The zero-order valence-electron chi connectivity index (χ0n) is 33.7. The summed E-state index contributed by atoms with van der Waals surface area (Å²) in [5, 5.41) is 20.9. The van der Waals surface area contributed by atoms with E-state index in [9.17, 15) is 27.2 Å². The lowest BCUT2D eigenvalue weighted by molar-refractivity contribution is -0.0505. The lowest BCUT2D eigenvalue weighted by Crippen LogP contribution is -2.33. The van der Waals surface area contributed by atoms with Crippen molar-refractivity contribution in [3.8, 4) is 22.9 Å². The molecule has 2 aromatic heterocycles. The van der Waals surface area contributed by atoms with Crippen molar-refractivity contribution < 1.29 is 46.1 Å². The summed E-state index contributed by atoms with van der Waals surface area (Å²) in [6.07, 6.45) is 3.10. The van der Waals surface area contributed by atoms with Crippen LogP contribution in [0.4, 0.5) is 28.9 Å². The number of hydrogen-bond donors (Lipinski definition) is 4. The molecule has 2 saturated heterocycles. The fourth-order valence-corrected chi connectivity index (χ4v) is 6.78. The van der Waals surface area contributed by atoms with Gasteiger partial charge in [-0.2, -0.15) is 27.8 Å². The summed E-state index contributed by atoms with van der Waals surface area (Å²) >= 11 is 0. The molecule has 2 amide bonds. The largest absolute Gasteiger partial charge is 0.435 e. The second-order valence-electron chi connectivity index (χ2n) is 14.2. The van der Waals surface area contributed by atoms with Gasteiger partial charge in [0, 0.05) is 43.8 Å². The van der Waals surface area contributed by atoms with E-state index in [0.29, 0.717) is 58.5 Å². The van der Waals surface area contributed by atoms with Gasteiger partial charge in [-0.05, 0) is 97.8 Å². The van der Waals surface area contributed by atoms with Crippen LogP contribution in [0.1, 0.15) is 55.4 Å². The van der Waals surface area contributed by atoms with E-state index in [1.807, 2.05) is 48.5 Å². The number of carbonyl (C=O) groups excluding carboxylic acids is 2. The van der Waals surface area contributed by atoms with Crippen LogP contribution in [0.25, 0.3) is 11.4 Å². The molecule has 0 spiro atoms. The third kappa shape index (κ3) is 11.2. The minimum absolute atomic E-state index is 0.0106. The molecule has 0 saturated carbocycles. The van der Waals surface area contributed by atoms with Gasteiger partial charge in [-0.1, -0.05) is 24.3 Å². The summed E-state index contributed by atoms with van der Waals surface area (Å²) in [4.78, 5) is 25.5. The first-order chi connectivity index (χ1) is 30.0. The number of rotatable bonds is 12. The molecule has 2 aliphatic rings. The van der Waals surface area contributed by atoms with Gasteiger partial charge in [0.05, 0.1) is 65.5 Å². The fourth-order valence-electron chi connectivity index (χ4n) is 6.78. The molecule has 2 fully saturated rings. The average Bonchev–Trinajstić information content (AvgIpc) is 3.87. The highest BCUT2D eigenvalue weighted by atomic mass is 19.3. The van der Waals surface area contributed by atoms with Crippen LogP contribution in [0.5, 0.6) is 11.5 Å². The molecule has 14 nitrogen and oxygen atoms in total. The number of halogens is 4. The van der Waals surface area contributed by atoms with E-state index >= 15 is 0 Å². The van der Waals surface area contributed by atoms with E-state index in [1.54, 1.807) is 49.0 Å². The molecule has 0 unspecified atom stereocenters. The molecule has 0 aliphatic carbocycles. The Balaban J connectivity index is 0.000000186. The van der Waals surface area contributed by atoms with Crippen molar-refractivity contribution in [2.75, 3.05) is 50.0 Å². The first-order valence-electron chi connectivity index (χ1n) is 19.7. The van der Waals surface area contributed by atoms with E-state index in [1.165, 1.54) is 35.1 Å². The second-order valence-corrected chi connectivity index (χ2v) is 14.2. The number of aryl methyl sites for hydroxylation is 1. The summed E-state index contributed by atoms with van der Waals surface area (Å²) < 4.78 is 72.4. The number of hydrogen-bond acceptors (Lipinski definition) is 10. The summed E-state index contributed by atoms with van der Waals surface area (Å²) in [5.41, 5.74) is 6.67. The molecule has 62 heavy (non-hydrogen) atoms. The van der Waals surface area contributed by atoms with E-state index in [-0.39, 0.29) is 35.5 Å².